The van der Waals surface area contributed by atoms with E-state index in [-0.39, 0.29) is 6.42 Å². The molecule has 1 aromatic carbocycles. The van der Waals surface area contributed by atoms with E-state index in [1.54, 1.807) is 0 Å². The Hall–Kier alpha value is -1.29. The third kappa shape index (κ3) is 14.7. The molecule has 0 fully saturated rings. The number of anilines is 1. The second-order valence-electron chi connectivity index (χ2n) is 9.75. The molecule has 0 atom stereocenters. The molecule has 2 N–H and O–H groups in total. The number of carboxylic acid groups (broad SMARTS) is 1. The predicted molar refractivity (Wildman–Crippen MR) is 134 cm³/mol. The summed E-state index contributed by atoms with van der Waals surface area (Å²) in [6.45, 7) is 8.48. The minimum atomic E-state index is -0.898. The number of benzene rings is 1. The van der Waals surface area contributed by atoms with Crippen LogP contribution in [0, 0.1) is 0 Å². The highest BCUT2D eigenvalue weighted by atomic mass is 28.3. The van der Waals surface area contributed by atoms with Gasteiger partial charge in [0, 0.05) is 20.3 Å². The van der Waals surface area contributed by atoms with E-state index in [0.717, 1.165) is 17.8 Å². The fourth-order valence-electron chi connectivity index (χ4n) is 4.09. The molecule has 1 aromatic rings. The lowest BCUT2D eigenvalue weighted by Gasteiger charge is -2.22. The first-order chi connectivity index (χ1) is 14.4. The molecule has 3 nitrogen and oxygen atoms in total. The van der Waals surface area contributed by atoms with E-state index in [0.29, 0.717) is 0 Å². The maximum Gasteiger partial charge on any atom is 0.307 e. The number of nitrogens with one attached hydrogen (secondary N) is 1. The Morgan fingerprint density at radius 2 is 1.30 bits per heavy atom. The van der Waals surface area contributed by atoms with Crippen LogP contribution in [0.3, 0.4) is 0 Å². The van der Waals surface area contributed by atoms with Crippen molar-refractivity contribution in [1.29, 1.82) is 0 Å². The van der Waals surface area contributed by atoms with Crippen LogP contribution in [0.4, 0.5) is 5.69 Å². The first-order valence-electron chi connectivity index (χ1n) is 12.5. The molecule has 0 aliphatic carbocycles. The average Bonchev–Trinajstić information content (AvgIpc) is 2.69. The largest absolute Gasteiger partial charge is 0.481 e. The molecule has 0 spiro atoms. The molecule has 0 saturated heterocycles. The molecule has 0 unspecified atom stereocenters. The zero-order valence-corrected chi connectivity index (χ0v) is 21.0. The third-order valence-corrected chi connectivity index (χ3v) is 9.54. The van der Waals surface area contributed by atoms with Crippen molar-refractivity contribution >= 4 is 19.7 Å². The Morgan fingerprint density at radius 3 is 1.83 bits per heavy atom. The van der Waals surface area contributed by atoms with E-state index >= 15 is 0 Å². The molecule has 0 amide bonds. The van der Waals surface area contributed by atoms with Crippen LogP contribution in [0.25, 0.3) is 0 Å². The minimum absolute atomic E-state index is 0.0963. The van der Waals surface area contributed by atoms with Crippen molar-refractivity contribution in [3.8, 4) is 0 Å². The van der Waals surface area contributed by atoms with Gasteiger partial charge in [0.25, 0.3) is 0 Å². The number of aliphatic carboxylic acids is 1. The van der Waals surface area contributed by atoms with Gasteiger partial charge < -0.3 is 10.4 Å². The SMILES string of the molecule is CCCCC[Si](C)(C)CCCCCCCCCCCNc1ccc(CC(=O)O)cc1. The van der Waals surface area contributed by atoms with Gasteiger partial charge in [-0.25, -0.2) is 0 Å². The zero-order valence-electron chi connectivity index (χ0n) is 20.0. The van der Waals surface area contributed by atoms with Crippen molar-refractivity contribution in [2.24, 2.45) is 0 Å². The molecule has 30 heavy (non-hydrogen) atoms. The zero-order chi connectivity index (χ0) is 22.1. The van der Waals surface area contributed by atoms with Crippen LogP contribution in [0.1, 0.15) is 89.5 Å². The molecule has 0 heterocycles. The van der Waals surface area contributed by atoms with Crippen LogP contribution in [0.5, 0.6) is 0 Å². The van der Waals surface area contributed by atoms with E-state index in [4.69, 9.17) is 5.11 Å². The average molecular weight is 434 g/mol. The summed E-state index contributed by atoms with van der Waals surface area (Å²) in [6.07, 6.45) is 16.7. The Morgan fingerprint density at radius 1 is 0.800 bits per heavy atom. The van der Waals surface area contributed by atoms with Crippen LogP contribution in [-0.2, 0) is 11.2 Å². The highest BCUT2D eigenvalue weighted by molar-refractivity contribution is 6.77. The normalized spacial score (nSPS) is 11.6. The summed E-state index contributed by atoms with van der Waals surface area (Å²) in [5.41, 5.74) is 1.94. The molecule has 0 bridgehead atoms. The van der Waals surface area contributed by atoms with Gasteiger partial charge in [-0.15, -0.1) is 0 Å². The van der Waals surface area contributed by atoms with Crippen molar-refractivity contribution in [2.45, 2.75) is 116 Å². The van der Waals surface area contributed by atoms with E-state index < -0.39 is 14.0 Å². The summed E-state index contributed by atoms with van der Waals surface area (Å²) in [4.78, 5) is 10.7. The third-order valence-electron chi connectivity index (χ3n) is 6.13. The lowest BCUT2D eigenvalue weighted by atomic mass is 10.1. The summed E-state index contributed by atoms with van der Waals surface area (Å²) in [5, 5.41) is 12.2. The summed E-state index contributed by atoms with van der Waals surface area (Å²) in [5.74, 6) is -0.779. The second-order valence-corrected chi connectivity index (χ2v) is 15.1. The predicted octanol–water partition coefficient (Wildman–Crippen LogP) is 8.14. The van der Waals surface area contributed by atoms with E-state index in [9.17, 15) is 4.79 Å². The van der Waals surface area contributed by atoms with Crippen molar-refractivity contribution in [2.75, 3.05) is 11.9 Å². The Balaban J connectivity index is 1.90. The minimum Gasteiger partial charge on any atom is -0.481 e. The van der Waals surface area contributed by atoms with Gasteiger partial charge in [-0.3, -0.25) is 4.79 Å². The maximum absolute atomic E-state index is 10.7. The van der Waals surface area contributed by atoms with Gasteiger partial charge in [0.05, 0.1) is 6.42 Å². The molecular formula is C26H47NO2Si. The fraction of sp³-hybridized carbons (Fsp3) is 0.731. The summed E-state index contributed by atoms with van der Waals surface area (Å²) >= 11 is 0. The Bertz CT molecular complexity index is 557. The fourth-order valence-corrected chi connectivity index (χ4v) is 6.76. The standard InChI is InChI=1S/C26H47NO2Si/c1-4-5-14-21-30(2,3)22-15-12-10-8-6-7-9-11-13-20-27-25-18-16-24(17-19-25)23-26(28)29/h16-19,27H,4-15,20-23H2,1-3H3,(H,28,29). The maximum atomic E-state index is 10.7. The van der Waals surface area contributed by atoms with Gasteiger partial charge in [0.1, 0.15) is 0 Å². The van der Waals surface area contributed by atoms with Crippen molar-refractivity contribution in [1.82, 2.24) is 0 Å². The number of carboxylic acids is 1. The van der Waals surface area contributed by atoms with Crippen molar-refractivity contribution < 1.29 is 9.90 Å². The molecular weight excluding hydrogens is 386 g/mol. The highest BCUT2D eigenvalue weighted by Crippen LogP contribution is 2.23. The van der Waals surface area contributed by atoms with E-state index in [1.807, 2.05) is 24.3 Å². The molecule has 1 rings (SSSR count). The van der Waals surface area contributed by atoms with E-state index in [1.165, 1.54) is 89.1 Å². The molecule has 0 saturated carbocycles. The van der Waals surface area contributed by atoms with Crippen molar-refractivity contribution in [3.05, 3.63) is 29.8 Å². The van der Waals surface area contributed by atoms with Crippen LogP contribution < -0.4 is 5.32 Å². The lowest BCUT2D eigenvalue weighted by Crippen LogP contribution is -2.24. The topological polar surface area (TPSA) is 49.3 Å². The highest BCUT2D eigenvalue weighted by Gasteiger charge is 2.18. The number of carbonyl (C=O) groups is 1. The number of hydrogen-bond acceptors (Lipinski definition) is 2. The van der Waals surface area contributed by atoms with Crippen LogP contribution in [0.15, 0.2) is 24.3 Å². The summed E-state index contributed by atoms with van der Waals surface area (Å²) in [7, 11) is -0.898. The molecule has 172 valence electrons. The van der Waals surface area contributed by atoms with Gasteiger partial charge in [0.2, 0.25) is 0 Å². The Labute approximate surface area is 187 Å². The summed E-state index contributed by atoms with van der Waals surface area (Å²) < 4.78 is 0. The first-order valence-corrected chi connectivity index (χ1v) is 15.9. The van der Waals surface area contributed by atoms with Crippen LogP contribution >= 0.6 is 0 Å². The van der Waals surface area contributed by atoms with Gasteiger partial charge >= 0.3 is 5.97 Å². The molecule has 0 aromatic heterocycles. The smallest absolute Gasteiger partial charge is 0.307 e. The lowest BCUT2D eigenvalue weighted by molar-refractivity contribution is -0.136. The van der Waals surface area contributed by atoms with Crippen LogP contribution in [0.2, 0.25) is 25.2 Å². The monoisotopic (exact) mass is 433 g/mol. The molecule has 0 radical (unpaired) electrons. The number of rotatable bonds is 19. The van der Waals surface area contributed by atoms with Gasteiger partial charge in [-0.2, -0.15) is 0 Å². The number of unbranched alkanes of at least 4 members (excludes halogenated alkanes) is 10. The van der Waals surface area contributed by atoms with Gasteiger partial charge in [0.15, 0.2) is 0 Å². The van der Waals surface area contributed by atoms with Crippen molar-refractivity contribution in [3.63, 3.8) is 0 Å². The molecule has 0 aliphatic rings. The molecule has 0 aliphatic heterocycles. The van der Waals surface area contributed by atoms with Crippen LogP contribution in [-0.4, -0.2) is 25.7 Å². The molecule has 4 heteroatoms. The summed E-state index contributed by atoms with van der Waals surface area (Å²) in [6, 6.07) is 10.8. The Kier molecular flexibility index (Phi) is 14.6. The first kappa shape index (κ1) is 26.7. The second kappa shape index (κ2) is 16.4. The number of hydrogen-bond donors (Lipinski definition) is 2. The van der Waals surface area contributed by atoms with E-state index in [2.05, 4.69) is 25.3 Å². The quantitative estimate of drug-likeness (QED) is 0.171. The van der Waals surface area contributed by atoms with Gasteiger partial charge in [-0.05, 0) is 24.1 Å². The van der Waals surface area contributed by atoms with Gasteiger partial charge in [-0.1, -0.05) is 115 Å².